The molecular formula is C15H19N3O. The van der Waals surface area contributed by atoms with Gasteiger partial charge in [-0.15, -0.1) is 0 Å². The molecule has 0 aliphatic heterocycles. The summed E-state index contributed by atoms with van der Waals surface area (Å²) in [4.78, 5) is 0. The molecule has 100 valence electrons. The van der Waals surface area contributed by atoms with Gasteiger partial charge in [-0.3, -0.25) is 4.68 Å². The summed E-state index contributed by atoms with van der Waals surface area (Å²) in [5.41, 5.74) is 3.37. The first kappa shape index (κ1) is 12.1. The quantitative estimate of drug-likeness (QED) is 0.915. The zero-order valence-corrected chi connectivity index (χ0v) is 11.6. The summed E-state index contributed by atoms with van der Waals surface area (Å²) in [6, 6.07) is 8.90. The van der Waals surface area contributed by atoms with Gasteiger partial charge in [0.15, 0.2) is 0 Å². The Morgan fingerprint density at radius 2 is 2.11 bits per heavy atom. The van der Waals surface area contributed by atoms with Crippen molar-refractivity contribution in [3.05, 3.63) is 29.8 Å². The number of nitrogens with zero attached hydrogens (tertiary/aromatic N) is 2. The van der Waals surface area contributed by atoms with E-state index in [2.05, 4.69) is 35.5 Å². The number of anilines is 1. The second-order valence-electron chi connectivity index (χ2n) is 5.16. The fourth-order valence-electron chi connectivity index (χ4n) is 2.25. The topological polar surface area (TPSA) is 39.1 Å². The number of benzene rings is 1. The smallest absolute Gasteiger partial charge is 0.148 e. The monoisotopic (exact) mass is 257 g/mol. The van der Waals surface area contributed by atoms with E-state index in [1.165, 1.54) is 18.4 Å². The molecule has 0 spiro atoms. The Bertz CT molecular complexity index is 599. The molecule has 0 radical (unpaired) electrons. The minimum Gasteiger partial charge on any atom is -0.496 e. The van der Waals surface area contributed by atoms with Crippen LogP contribution in [0, 0.1) is 6.92 Å². The molecule has 1 heterocycles. The van der Waals surface area contributed by atoms with E-state index in [9.17, 15) is 0 Å². The normalized spacial score (nSPS) is 14.5. The summed E-state index contributed by atoms with van der Waals surface area (Å²) in [5, 5.41) is 7.95. The maximum atomic E-state index is 5.45. The standard InChI is InChI=1S/C15H19N3O/c1-10-4-7-14(19-3)12(8-10)13-9-15(17-18(13)2)16-11-5-6-11/h4,7-9,11H,5-6H2,1-3H3,(H,16,17). The Kier molecular flexibility index (Phi) is 2.93. The minimum atomic E-state index is 0.613. The molecule has 0 bridgehead atoms. The van der Waals surface area contributed by atoms with Gasteiger partial charge in [0.25, 0.3) is 0 Å². The molecule has 19 heavy (non-hydrogen) atoms. The number of aromatic nitrogens is 2. The van der Waals surface area contributed by atoms with Crippen LogP contribution in [0.2, 0.25) is 0 Å². The lowest BCUT2D eigenvalue weighted by Gasteiger charge is -2.09. The average Bonchev–Trinajstić information content (AvgIpc) is 3.12. The van der Waals surface area contributed by atoms with Crippen LogP contribution in [0.4, 0.5) is 5.82 Å². The van der Waals surface area contributed by atoms with Crippen molar-refractivity contribution in [2.45, 2.75) is 25.8 Å². The van der Waals surface area contributed by atoms with E-state index in [1.54, 1.807) is 7.11 Å². The number of ether oxygens (including phenoxy) is 1. The van der Waals surface area contributed by atoms with Crippen LogP contribution in [0.25, 0.3) is 11.3 Å². The highest BCUT2D eigenvalue weighted by Gasteiger charge is 2.22. The maximum Gasteiger partial charge on any atom is 0.148 e. The first-order valence-electron chi connectivity index (χ1n) is 6.63. The first-order valence-corrected chi connectivity index (χ1v) is 6.63. The predicted molar refractivity (Wildman–Crippen MR) is 76.6 cm³/mol. The molecular weight excluding hydrogens is 238 g/mol. The fraction of sp³-hybridized carbons (Fsp3) is 0.400. The van der Waals surface area contributed by atoms with Gasteiger partial charge in [-0.05, 0) is 31.9 Å². The predicted octanol–water partition coefficient (Wildman–Crippen LogP) is 2.98. The van der Waals surface area contributed by atoms with Crippen LogP contribution >= 0.6 is 0 Å². The molecule has 1 aliphatic carbocycles. The van der Waals surface area contributed by atoms with Gasteiger partial charge >= 0.3 is 0 Å². The lowest BCUT2D eigenvalue weighted by atomic mass is 10.1. The highest BCUT2D eigenvalue weighted by atomic mass is 16.5. The molecule has 1 saturated carbocycles. The van der Waals surface area contributed by atoms with E-state index in [0.29, 0.717) is 6.04 Å². The van der Waals surface area contributed by atoms with Gasteiger partial charge in [0.2, 0.25) is 0 Å². The number of rotatable bonds is 4. The largest absolute Gasteiger partial charge is 0.496 e. The van der Waals surface area contributed by atoms with Crippen LogP contribution in [-0.4, -0.2) is 22.9 Å². The summed E-state index contributed by atoms with van der Waals surface area (Å²) in [7, 11) is 3.67. The molecule has 1 aromatic heterocycles. The van der Waals surface area contributed by atoms with E-state index in [-0.39, 0.29) is 0 Å². The lowest BCUT2D eigenvalue weighted by molar-refractivity contribution is 0.416. The average molecular weight is 257 g/mol. The summed E-state index contributed by atoms with van der Waals surface area (Å²) in [6.07, 6.45) is 2.50. The van der Waals surface area contributed by atoms with Gasteiger partial charge in [0, 0.05) is 24.7 Å². The lowest BCUT2D eigenvalue weighted by Crippen LogP contribution is -2.02. The highest BCUT2D eigenvalue weighted by Crippen LogP contribution is 2.33. The summed E-state index contributed by atoms with van der Waals surface area (Å²) >= 11 is 0. The third kappa shape index (κ3) is 2.43. The van der Waals surface area contributed by atoms with Gasteiger partial charge < -0.3 is 10.1 Å². The Hall–Kier alpha value is -1.97. The van der Waals surface area contributed by atoms with Crippen molar-refractivity contribution in [1.82, 2.24) is 9.78 Å². The van der Waals surface area contributed by atoms with Gasteiger partial charge in [-0.1, -0.05) is 11.6 Å². The van der Waals surface area contributed by atoms with Crippen LogP contribution in [0.5, 0.6) is 5.75 Å². The van der Waals surface area contributed by atoms with Gasteiger partial charge in [0.05, 0.1) is 12.8 Å². The van der Waals surface area contributed by atoms with Crippen LogP contribution in [-0.2, 0) is 7.05 Å². The Labute approximate surface area is 113 Å². The zero-order chi connectivity index (χ0) is 13.4. The van der Waals surface area contributed by atoms with E-state index in [4.69, 9.17) is 4.74 Å². The SMILES string of the molecule is COc1ccc(C)cc1-c1cc(NC2CC2)nn1C. The fourth-order valence-corrected chi connectivity index (χ4v) is 2.25. The molecule has 1 fully saturated rings. The Morgan fingerprint density at radius 1 is 1.32 bits per heavy atom. The highest BCUT2D eigenvalue weighted by molar-refractivity contribution is 5.71. The van der Waals surface area contributed by atoms with E-state index < -0.39 is 0 Å². The maximum absolute atomic E-state index is 5.45. The number of nitrogens with one attached hydrogen (secondary N) is 1. The third-order valence-electron chi connectivity index (χ3n) is 3.44. The molecule has 0 unspecified atom stereocenters. The third-order valence-corrected chi connectivity index (χ3v) is 3.44. The van der Waals surface area contributed by atoms with Crippen LogP contribution in [0.1, 0.15) is 18.4 Å². The Morgan fingerprint density at radius 3 is 2.79 bits per heavy atom. The summed E-state index contributed by atoms with van der Waals surface area (Å²) < 4.78 is 7.36. The van der Waals surface area contributed by atoms with E-state index in [1.807, 2.05) is 17.8 Å². The first-order chi connectivity index (χ1) is 9.17. The molecule has 1 N–H and O–H groups in total. The van der Waals surface area contributed by atoms with Crippen molar-refractivity contribution in [3.8, 4) is 17.0 Å². The second kappa shape index (κ2) is 4.61. The van der Waals surface area contributed by atoms with Crippen LogP contribution < -0.4 is 10.1 Å². The zero-order valence-electron chi connectivity index (χ0n) is 11.6. The van der Waals surface area contributed by atoms with Gasteiger partial charge in [0.1, 0.15) is 11.6 Å². The molecule has 0 atom stereocenters. The number of methoxy groups -OCH3 is 1. The molecule has 0 saturated heterocycles. The molecule has 3 rings (SSSR count). The van der Waals surface area contributed by atoms with Crippen molar-refractivity contribution >= 4 is 5.82 Å². The molecule has 1 aliphatic rings. The van der Waals surface area contributed by atoms with Gasteiger partial charge in [-0.25, -0.2) is 0 Å². The molecule has 4 heteroatoms. The van der Waals surface area contributed by atoms with E-state index in [0.717, 1.165) is 22.8 Å². The summed E-state index contributed by atoms with van der Waals surface area (Å²) in [6.45, 7) is 2.09. The Balaban J connectivity index is 2.00. The molecule has 2 aromatic rings. The molecule has 1 aromatic carbocycles. The molecule has 4 nitrogen and oxygen atoms in total. The van der Waals surface area contributed by atoms with Crippen LogP contribution in [0.15, 0.2) is 24.3 Å². The van der Waals surface area contributed by atoms with Gasteiger partial charge in [-0.2, -0.15) is 5.10 Å². The minimum absolute atomic E-state index is 0.613. The van der Waals surface area contributed by atoms with Crippen molar-refractivity contribution in [1.29, 1.82) is 0 Å². The van der Waals surface area contributed by atoms with Crippen molar-refractivity contribution in [3.63, 3.8) is 0 Å². The van der Waals surface area contributed by atoms with E-state index >= 15 is 0 Å². The van der Waals surface area contributed by atoms with Crippen molar-refractivity contribution in [2.24, 2.45) is 7.05 Å². The van der Waals surface area contributed by atoms with Crippen LogP contribution in [0.3, 0.4) is 0 Å². The number of hydrogen-bond acceptors (Lipinski definition) is 3. The van der Waals surface area contributed by atoms with Crippen molar-refractivity contribution < 1.29 is 4.74 Å². The summed E-state index contributed by atoms with van der Waals surface area (Å²) in [5.74, 6) is 1.83. The number of hydrogen-bond donors (Lipinski definition) is 1. The number of aryl methyl sites for hydroxylation is 2. The second-order valence-corrected chi connectivity index (χ2v) is 5.16. The van der Waals surface area contributed by atoms with Crippen molar-refractivity contribution in [2.75, 3.05) is 12.4 Å². The molecule has 0 amide bonds.